The zero-order valence-electron chi connectivity index (χ0n) is 11.1. The summed E-state index contributed by atoms with van der Waals surface area (Å²) in [5.41, 5.74) is 0. The third kappa shape index (κ3) is 3.12. The number of sulfonamides is 1. The Bertz CT molecular complexity index is 515. The lowest BCUT2D eigenvalue weighted by atomic mass is 10.0. The molecule has 5 nitrogen and oxygen atoms in total. The summed E-state index contributed by atoms with van der Waals surface area (Å²) in [6.45, 7) is 3.17. The van der Waals surface area contributed by atoms with Crippen molar-refractivity contribution in [2.24, 2.45) is 0 Å². The molecule has 1 aromatic rings. The highest BCUT2D eigenvalue weighted by Gasteiger charge is 2.33. The largest absolute Gasteiger partial charge is 0.270 e. The second-order valence-electron chi connectivity index (χ2n) is 4.80. The Hall–Kier alpha value is -0.590. The number of rotatable bonds is 5. The van der Waals surface area contributed by atoms with E-state index in [0.29, 0.717) is 19.0 Å². The van der Waals surface area contributed by atoms with Crippen LogP contribution in [0.1, 0.15) is 32.6 Å². The average Bonchev–Trinajstić information content (AvgIpc) is 2.88. The van der Waals surface area contributed by atoms with Gasteiger partial charge >= 0.3 is 0 Å². The normalized spacial score (nSPS) is 21.7. The molecule has 0 aliphatic carbocycles. The molecule has 1 unspecified atom stereocenters. The van der Waals surface area contributed by atoms with Crippen LogP contribution in [0.4, 0.5) is 0 Å². The van der Waals surface area contributed by atoms with Gasteiger partial charge in [0.2, 0.25) is 10.0 Å². The summed E-state index contributed by atoms with van der Waals surface area (Å²) in [7, 11) is -3.41. The molecule has 2 rings (SSSR count). The van der Waals surface area contributed by atoms with Crippen molar-refractivity contribution in [3.8, 4) is 0 Å². The number of alkyl halides is 1. The second-order valence-corrected chi connectivity index (χ2v) is 7.07. The van der Waals surface area contributed by atoms with Crippen molar-refractivity contribution in [1.29, 1.82) is 0 Å². The van der Waals surface area contributed by atoms with Crippen LogP contribution in [0.3, 0.4) is 0 Å². The SMILES string of the molecule is CCC1CCCCN1S(=O)(=O)c1cnn(CCCl)c1. The van der Waals surface area contributed by atoms with Crippen molar-refractivity contribution in [3.05, 3.63) is 12.4 Å². The molecule has 1 atom stereocenters. The highest BCUT2D eigenvalue weighted by molar-refractivity contribution is 7.89. The molecule has 1 aliphatic rings. The maximum absolute atomic E-state index is 12.6. The number of piperidine rings is 1. The van der Waals surface area contributed by atoms with Crippen molar-refractivity contribution >= 4 is 21.6 Å². The Balaban J connectivity index is 2.24. The third-order valence-electron chi connectivity index (χ3n) is 3.57. The molecule has 19 heavy (non-hydrogen) atoms. The Morgan fingerprint density at radius 2 is 2.26 bits per heavy atom. The zero-order valence-corrected chi connectivity index (χ0v) is 12.7. The van der Waals surface area contributed by atoms with Crippen molar-refractivity contribution < 1.29 is 8.42 Å². The van der Waals surface area contributed by atoms with Gasteiger partial charge in [-0.25, -0.2) is 8.42 Å². The molecule has 108 valence electrons. The Labute approximate surface area is 119 Å². The summed E-state index contributed by atoms with van der Waals surface area (Å²) >= 11 is 5.63. The molecule has 2 heterocycles. The minimum Gasteiger partial charge on any atom is -0.270 e. The van der Waals surface area contributed by atoms with E-state index in [1.54, 1.807) is 15.2 Å². The van der Waals surface area contributed by atoms with E-state index in [9.17, 15) is 8.42 Å². The van der Waals surface area contributed by atoms with Gasteiger partial charge in [0, 0.05) is 24.7 Å². The molecule has 0 aromatic carbocycles. The van der Waals surface area contributed by atoms with Crippen LogP contribution in [0.25, 0.3) is 0 Å². The lowest BCUT2D eigenvalue weighted by Crippen LogP contribution is -2.43. The van der Waals surface area contributed by atoms with Gasteiger partial charge in [-0.1, -0.05) is 13.3 Å². The first-order chi connectivity index (χ1) is 9.09. The van der Waals surface area contributed by atoms with Crippen LogP contribution >= 0.6 is 11.6 Å². The van der Waals surface area contributed by atoms with E-state index < -0.39 is 10.0 Å². The Kier molecular flexibility index (Phi) is 4.86. The molecule has 0 saturated carbocycles. The molecule has 0 N–H and O–H groups in total. The minimum absolute atomic E-state index is 0.120. The summed E-state index contributed by atoms with van der Waals surface area (Å²) in [5, 5.41) is 4.04. The fraction of sp³-hybridized carbons (Fsp3) is 0.750. The number of hydrogen-bond acceptors (Lipinski definition) is 3. The van der Waals surface area contributed by atoms with Crippen molar-refractivity contribution in [2.75, 3.05) is 12.4 Å². The lowest BCUT2D eigenvalue weighted by molar-refractivity contribution is 0.246. The first kappa shape index (κ1) is 14.8. The lowest BCUT2D eigenvalue weighted by Gasteiger charge is -2.33. The smallest absolute Gasteiger partial charge is 0.246 e. The predicted molar refractivity (Wildman–Crippen MR) is 74.8 cm³/mol. The molecule has 1 fully saturated rings. The molecule has 7 heteroatoms. The molecular formula is C12H20ClN3O2S. The van der Waals surface area contributed by atoms with Crippen molar-refractivity contribution in [2.45, 2.75) is 50.1 Å². The Morgan fingerprint density at radius 3 is 2.95 bits per heavy atom. The number of aryl methyl sites for hydroxylation is 1. The molecule has 0 spiro atoms. The van der Waals surface area contributed by atoms with Crippen LogP contribution in [-0.4, -0.2) is 41.0 Å². The maximum atomic E-state index is 12.6. The van der Waals surface area contributed by atoms with E-state index in [2.05, 4.69) is 5.10 Å². The highest BCUT2D eigenvalue weighted by Crippen LogP contribution is 2.26. The molecule has 1 saturated heterocycles. The van der Waals surface area contributed by atoms with Gasteiger partial charge in [0.1, 0.15) is 4.90 Å². The second kappa shape index (κ2) is 6.24. The van der Waals surface area contributed by atoms with E-state index in [-0.39, 0.29) is 10.9 Å². The Morgan fingerprint density at radius 1 is 1.47 bits per heavy atom. The molecule has 0 bridgehead atoms. The van der Waals surface area contributed by atoms with Crippen LogP contribution in [0.5, 0.6) is 0 Å². The van der Waals surface area contributed by atoms with Gasteiger partial charge in [0.15, 0.2) is 0 Å². The van der Waals surface area contributed by atoms with E-state index in [0.717, 1.165) is 25.7 Å². The van der Waals surface area contributed by atoms with Crippen LogP contribution in [-0.2, 0) is 16.6 Å². The van der Waals surface area contributed by atoms with Crippen LogP contribution in [0.15, 0.2) is 17.3 Å². The van der Waals surface area contributed by atoms with Gasteiger partial charge in [-0.2, -0.15) is 9.40 Å². The van der Waals surface area contributed by atoms with E-state index in [1.807, 2.05) is 6.92 Å². The zero-order chi connectivity index (χ0) is 13.9. The molecule has 0 amide bonds. The van der Waals surface area contributed by atoms with Crippen LogP contribution in [0, 0.1) is 0 Å². The monoisotopic (exact) mass is 305 g/mol. The van der Waals surface area contributed by atoms with Crippen LogP contribution in [0.2, 0.25) is 0 Å². The summed E-state index contributed by atoms with van der Waals surface area (Å²) < 4.78 is 28.4. The van der Waals surface area contributed by atoms with Gasteiger partial charge < -0.3 is 0 Å². The number of halogens is 1. The number of aromatic nitrogens is 2. The average molecular weight is 306 g/mol. The summed E-state index contributed by atoms with van der Waals surface area (Å²) in [6.07, 6.45) is 6.84. The first-order valence-corrected chi connectivity index (χ1v) is 8.67. The minimum atomic E-state index is -3.41. The summed E-state index contributed by atoms with van der Waals surface area (Å²) in [6, 6.07) is 0.120. The summed E-state index contributed by atoms with van der Waals surface area (Å²) in [4.78, 5) is 0.276. The molecular weight excluding hydrogens is 286 g/mol. The molecule has 1 aliphatic heterocycles. The number of nitrogens with zero attached hydrogens (tertiary/aromatic N) is 3. The maximum Gasteiger partial charge on any atom is 0.246 e. The first-order valence-electron chi connectivity index (χ1n) is 6.70. The quantitative estimate of drug-likeness (QED) is 0.783. The fourth-order valence-electron chi connectivity index (χ4n) is 2.52. The van der Waals surface area contributed by atoms with Gasteiger partial charge in [-0.15, -0.1) is 11.6 Å². The number of hydrogen-bond donors (Lipinski definition) is 0. The highest BCUT2D eigenvalue weighted by atomic mass is 35.5. The molecule has 0 radical (unpaired) electrons. The van der Waals surface area contributed by atoms with Crippen LogP contribution < -0.4 is 0 Å². The van der Waals surface area contributed by atoms with Gasteiger partial charge in [0.05, 0.1) is 12.7 Å². The van der Waals surface area contributed by atoms with Crippen molar-refractivity contribution in [3.63, 3.8) is 0 Å². The fourth-order valence-corrected chi connectivity index (χ4v) is 4.42. The van der Waals surface area contributed by atoms with Gasteiger partial charge in [0.25, 0.3) is 0 Å². The van der Waals surface area contributed by atoms with E-state index in [4.69, 9.17) is 11.6 Å². The molecule has 1 aromatic heterocycles. The predicted octanol–water partition coefficient (Wildman–Crippen LogP) is 2.08. The van der Waals surface area contributed by atoms with E-state index in [1.165, 1.54) is 6.20 Å². The van der Waals surface area contributed by atoms with Crippen molar-refractivity contribution in [1.82, 2.24) is 14.1 Å². The van der Waals surface area contributed by atoms with Gasteiger partial charge in [-0.3, -0.25) is 4.68 Å². The van der Waals surface area contributed by atoms with Gasteiger partial charge in [-0.05, 0) is 19.3 Å². The topological polar surface area (TPSA) is 55.2 Å². The summed E-state index contributed by atoms with van der Waals surface area (Å²) in [5.74, 6) is 0.419. The van der Waals surface area contributed by atoms with E-state index >= 15 is 0 Å². The standard InChI is InChI=1S/C12H20ClN3O2S/c1-2-11-5-3-4-7-16(11)19(17,18)12-9-14-15(10-12)8-6-13/h9-11H,2-8H2,1H3. The third-order valence-corrected chi connectivity index (χ3v) is 5.65.